The number of aliphatic hydroxyl groups is 2. The lowest BCUT2D eigenvalue weighted by atomic mass is 10.1. The summed E-state index contributed by atoms with van der Waals surface area (Å²) < 4.78 is 10.2. The number of hydrogen-bond donors (Lipinski definition) is 2. The zero-order valence-corrected chi connectivity index (χ0v) is 27.4. The number of ether oxygens (including phenoxy) is 2. The first-order valence-corrected chi connectivity index (χ1v) is 17.3. The van der Waals surface area contributed by atoms with Gasteiger partial charge in [0.2, 0.25) is 0 Å². The molecule has 0 spiro atoms. The molecule has 0 radical (unpaired) electrons. The molecule has 0 heterocycles. The van der Waals surface area contributed by atoms with E-state index < -0.39 is 6.10 Å². The van der Waals surface area contributed by atoms with Gasteiger partial charge in [-0.1, -0.05) is 126 Å². The van der Waals surface area contributed by atoms with Crippen LogP contribution >= 0.6 is 0 Å². The summed E-state index contributed by atoms with van der Waals surface area (Å²) in [4.78, 5) is 23.8. The van der Waals surface area contributed by atoms with Gasteiger partial charge in [0, 0.05) is 19.4 Å². The highest BCUT2D eigenvalue weighted by molar-refractivity contribution is 5.69. The van der Waals surface area contributed by atoms with Crippen molar-refractivity contribution in [3.05, 3.63) is 48.6 Å². The Morgan fingerprint density at radius 3 is 1.42 bits per heavy atom. The van der Waals surface area contributed by atoms with Crippen molar-refractivity contribution in [3.63, 3.8) is 0 Å². The largest absolute Gasteiger partial charge is 0.463 e. The summed E-state index contributed by atoms with van der Waals surface area (Å²) in [5, 5.41) is 18.7. The van der Waals surface area contributed by atoms with E-state index in [0.29, 0.717) is 25.9 Å². The van der Waals surface area contributed by atoms with Gasteiger partial charge in [0.1, 0.15) is 19.3 Å². The van der Waals surface area contributed by atoms with Gasteiger partial charge in [0.15, 0.2) is 0 Å². The first-order valence-electron chi connectivity index (χ1n) is 17.3. The zero-order chi connectivity index (χ0) is 31.5. The first kappa shape index (κ1) is 40.8. The molecule has 0 unspecified atom stereocenters. The van der Waals surface area contributed by atoms with Crippen LogP contribution in [0.25, 0.3) is 0 Å². The molecule has 248 valence electrons. The van der Waals surface area contributed by atoms with Crippen LogP contribution in [0.4, 0.5) is 0 Å². The van der Waals surface area contributed by atoms with Gasteiger partial charge < -0.3 is 19.7 Å². The molecule has 6 heteroatoms. The van der Waals surface area contributed by atoms with Crippen LogP contribution in [-0.2, 0) is 19.1 Å². The van der Waals surface area contributed by atoms with Crippen molar-refractivity contribution in [1.29, 1.82) is 0 Å². The van der Waals surface area contributed by atoms with Crippen LogP contribution < -0.4 is 0 Å². The smallest absolute Gasteiger partial charge is 0.305 e. The van der Waals surface area contributed by atoms with Crippen molar-refractivity contribution < 1.29 is 29.3 Å². The Morgan fingerprint density at radius 1 is 0.535 bits per heavy atom. The average Bonchev–Trinajstić information content (AvgIpc) is 3.01. The van der Waals surface area contributed by atoms with Crippen molar-refractivity contribution in [1.82, 2.24) is 0 Å². The van der Waals surface area contributed by atoms with E-state index in [1.165, 1.54) is 51.4 Å². The summed E-state index contributed by atoms with van der Waals surface area (Å²) in [6.45, 7) is 2.24. The van der Waals surface area contributed by atoms with Gasteiger partial charge in [-0.3, -0.25) is 9.59 Å². The molecule has 0 aromatic carbocycles. The Kier molecular flexibility index (Phi) is 32.6. The molecular formula is C37H64O6. The van der Waals surface area contributed by atoms with E-state index >= 15 is 0 Å². The molecule has 43 heavy (non-hydrogen) atoms. The minimum atomic E-state index is -0.990. The minimum Gasteiger partial charge on any atom is -0.463 e. The SMILES string of the molecule is CCCCCCCCCCCCCC(=O)OC[C@@H](O)COC(=O)CCC/C=C\C/C=C\C/C=C\C/C=C\CCCCCO. The van der Waals surface area contributed by atoms with Crippen LogP contribution in [0.1, 0.15) is 148 Å². The van der Waals surface area contributed by atoms with Crippen LogP contribution in [0.3, 0.4) is 0 Å². The van der Waals surface area contributed by atoms with Crippen LogP contribution in [0.15, 0.2) is 48.6 Å². The Bertz CT molecular complexity index is 739. The molecule has 0 amide bonds. The molecule has 0 aromatic heterocycles. The second-order valence-electron chi connectivity index (χ2n) is 11.4. The average molecular weight is 605 g/mol. The normalized spacial score (nSPS) is 12.7. The Balaban J connectivity index is 3.57. The fraction of sp³-hybridized carbons (Fsp3) is 0.730. The lowest BCUT2D eigenvalue weighted by Gasteiger charge is -2.12. The van der Waals surface area contributed by atoms with Crippen LogP contribution in [0.2, 0.25) is 0 Å². The molecule has 0 aromatic rings. The third-order valence-electron chi connectivity index (χ3n) is 7.12. The Labute approximate surface area is 263 Å². The summed E-state index contributed by atoms with van der Waals surface area (Å²) in [6.07, 6.45) is 38.9. The minimum absolute atomic E-state index is 0.139. The van der Waals surface area contributed by atoms with E-state index in [0.717, 1.165) is 70.6 Å². The van der Waals surface area contributed by atoms with E-state index in [2.05, 4.69) is 55.5 Å². The van der Waals surface area contributed by atoms with Crippen molar-refractivity contribution in [2.24, 2.45) is 0 Å². The standard InChI is InChI=1S/C37H64O6/c1-2-3-4-5-6-7-15-18-21-24-27-30-36(40)42-33-35(39)34-43-37(41)31-28-25-22-19-16-13-11-9-8-10-12-14-17-20-23-26-29-32-38/h8,10-11,13-14,17,19,22,35,38-39H,2-7,9,12,15-16,18,20-21,23-34H2,1H3/b10-8-,13-11-,17-14-,22-19-/t35-/m1/s1. The van der Waals surface area contributed by atoms with E-state index in [-0.39, 0.29) is 25.2 Å². The van der Waals surface area contributed by atoms with Gasteiger partial charge in [-0.05, 0) is 57.8 Å². The number of hydrogen-bond acceptors (Lipinski definition) is 6. The molecular weight excluding hydrogens is 540 g/mol. The van der Waals surface area contributed by atoms with Gasteiger partial charge in [-0.15, -0.1) is 0 Å². The fourth-order valence-electron chi connectivity index (χ4n) is 4.47. The molecule has 2 N–H and O–H groups in total. The highest BCUT2D eigenvalue weighted by atomic mass is 16.6. The summed E-state index contributed by atoms with van der Waals surface area (Å²) >= 11 is 0. The third-order valence-corrected chi connectivity index (χ3v) is 7.12. The van der Waals surface area contributed by atoms with E-state index in [9.17, 15) is 14.7 Å². The predicted molar refractivity (Wildman–Crippen MR) is 179 cm³/mol. The third kappa shape index (κ3) is 34.2. The highest BCUT2D eigenvalue weighted by Gasteiger charge is 2.11. The number of allylic oxidation sites excluding steroid dienone is 8. The molecule has 0 aliphatic carbocycles. The Morgan fingerprint density at radius 2 is 0.930 bits per heavy atom. The molecule has 0 rings (SSSR count). The first-order chi connectivity index (χ1) is 21.1. The second kappa shape index (κ2) is 34.3. The highest BCUT2D eigenvalue weighted by Crippen LogP contribution is 2.12. The molecule has 0 aliphatic rings. The van der Waals surface area contributed by atoms with E-state index in [4.69, 9.17) is 14.6 Å². The van der Waals surface area contributed by atoms with Gasteiger partial charge >= 0.3 is 11.9 Å². The monoisotopic (exact) mass is 604 g/mol. The zero-order valence-electron chi connectivity index (χ0n) is 27.4. The molecule has 0 saturated carbocycles. The molecule has 0 fully saturated rings. The van der Waals surface area contributed by atoms with E-state index in [1.54, 1.807) is 0 Å². The lowest BCUT2D eigenvalue weighted by molar-refractivity contribution is -0.152. The van der Waals surface area contributed by atoms with Gasteiger partial charge in [0.25, 0.3) is 0 Å². The van der Waals surface area contributed by atoms with Gasteiger partial charge in [0.05, 0.1) is 0 Å². The van der Waals surface area contributed by atoms with Crippen LogP contribution in [0, 0.1) is 0 Å². The predicted octanol–water partition coefficient (Wildman–Crippen LogP) is 9.25. The fourth-order valence-corrected chi connectivity index (χ4v) is 4.47. The maximum absolute atomic E-state index is 11.9. The topological polar surface area (TPSA) is 93.1 Å². The maximum Gasteiger partial charge on any atom is 0.305 e. The van der Waals surface area contributed by atoms with Gasteiger partial charge in [-0.2, -0.15) is 0 Å². The summed E-state index contributed by atoms with van der Waals surface area (Å²) in [7, 11) is 0. The molecule has 6 nitrogen and oxygen atoms in total. The molecule has 0 saturated heterocycles. The quantitative estimate of drug-likeness (QED) is 0.0465. The molecule has 0 aliphatic heterocycles. The lowest BCUT2D eigenvalue weighted by Crippen LogP contribution is -2.25. The number of esters is 2. The van der Waals surface area contributed by atoms with Crippen molar-refractivity contribution in [2.45, 2.75) is 154 Å². The van der Waals surface area contributed by atoms with Crippen LogP contribution in [-0.4, -0.2) is 48.1 Å². The number of rotatable bonds is 31. The summed E-state index contributed by atoms with van der Waals surface area (Å²) in [5.41, 5.74) is 0. The van der Waals surface area contributed by atoms with Crippen LogP contribution in [0.5, 0.6) is 0 Å². The van der Waals surface area contributed by atoms with Crippen molar-refractivity contribution >= 4 is 11.9 Å². The number of unbranched alkanes of at least 4 members (excludes halogenated alkanes) is 14. The Hall–Kier alpha value is -2.18. The van der Waals surface area contributed by atoms with Gasteiger partial charge in [-0.25, -0.2) is 0 Å². The maximum atomic E-state index is 11.9. The number of aliphatic hydroxyl groups excluding tert-OH is 2. The second-order valence-corrected chi connectivity index (χ2v) is 11.4. The van der Waals surface area contributed by atoms with Crippen molar-refractivity contribution in [3.8, 4) is 0 Å². The summed E-state index contributed by atoms with van der Waals surface area (Å²) in [6, 6.07) is 0. The van der Waals surface area contributed by atoms with Crippen molar-refractivity contribution in [2.75, 3.05) is 19.8 Å². The molecule has 0 bridgehead atoms. The number of carbonyl (C=O) groups is 2. The summed E-state index contributed by atoms with van der Waals surface area (Å²) in [5.74, 6) is -0.646. The number of carbonyl (C=O) groups excluding carboxylic acids is 2. The molecule has 1 atom stereocenters. The van der Waals surface area contributed by atoms with E-state index in [1.807, 2.05) is 0 Å².